The Hall–Kier alpha value is -3.59. The van der Waals surface area contributed by atoms with E-state index in [1.807, 2.05) is 41.8 Å². The summed E-state index contributed by atoms with van der Waals surface area (Å²) in [5.41, 5.74) is 2.93. The molecule has 5 rings (SSSR count). The van der Waals surface area contributed by atoms with Gasteiger partial charge in [0, 0.05) is 48.9 Å². The van der Waals surface area contributed by atoms with Crippen LogP contribution in [0.4, 0.5) is 17.1 Å². The molecule has 2 aliphatic rings. The van der Waals surface area contributed by atoms with Gasteiger partial charge < -0.3 is 19.9 Å². The van der Waals surface area contributed by atoms with Crippen LogP contribution < -0.4 is 19.9 Å². The van der Waals surface area contributed by atoms with Crippen molar-refractivity contribution in [3.63, 3.8) is 0 Å². The average Bonchev–Trinajstić information content (AvgIpc) is 3.41. The molecule has 0 spiro atoms. The van der Waals surface area contributed by atoms with Crippen molar-refractivity contribution in [3.05, 3.63) is 80.5 Å². The SMILES string of the molecule is COc1ccccc1N1CCN2c3ccc([N+](=O)[O-])cc3CC(C(=O)NCCc3cccs3)C2C1. The van der Waals surface area contributed by atoms with E-state index >= 15 is 0 Å². The highest BCUT2D eigenvalue weighted by Gasteiger charge is 2.42. The molecule has 2 aromatic carbocycles. The molecule has 1 fully saturated rings. The monoisotopic (exact) mass is 492 g/mol. The van der Waals surface area contributed by atoms with Crippen molar-refractivity contribution < 1.29 is 14.5 Å². The highest BCUT2D eigenvalue weighted by Crippen LogP contribution is 2.39. The number of ether oxygens (including phenoxy) is 1. The number of anilines is 2. The minimum absolute atomic E-state index is 0.00408. The number of nitrogens with one attached hydrogen (secondary N) is 1. The zero-order chi connectivity index (χ0) is 24.4. The largest absolute Gasteiger partial charge is 0.495 e. The van der Waals surface area contributed by atoms with Crippen molar-refractivity contribution in [1.82, 2.24) is 5.32 Å². The maximum Gasteiger partial charge on any atom is 0.269 e. The Morgan fingerprint density at radius 2 is 2.03 bits per heavy atom. The minimum atomic E-state index is -0.373. The Morgan fingerprint density at radius 1 is 1.17 bits per heavy atom. The van der Waals surface area contributed by atoms with E-state index in [1.54, 1.807) is 30.6 Å². The first-order valence-corrected chi connectivity index (χ1v) is 12.6. The summed E-state index contributed by atoms with van der Waals surface area (Å²) in [7, 11) is 1.67. The van der Waals surface area contributed by atoms with Crippen LogP contribution in [0.5, 0.6) is 5.75 Å². The molecule has 3 aromatic rings. The second kappa shape index (κ2) is 9.95. The molecule has 3 heterocycles. The molecule has 2 atom stereocenters. The zero-order valence-corrected chi connectivity index (χ0v) is 20.4. The summed E-state index contributed by atoms with van der Waals surface area (Å²) >= 11 is 1.68. The van der Waals surface area contributed by atoms with Gasteiger partial charge in [0.25, 0.3) is 5.69 Å². The van der Waals surface area contributed by atoms with Crippen LogP contribution in [0.3, 0.4) is 0 Å². The number of non-ortho nitro benzene ring substituents is 1. The van der Waals surface area contributed by atoms with Gasteiger partial charge in [0.1, 0.15) is 5.75 Å². The average molecular weight is 493 g/mol. The first-order chi connectivity index (χ1) is 17.0. The molecule has 8 nitrogen and oxygen atoms in total. The van der Waals surface area contributed by atoms with Crippen molar-refractivity contribution >= 4 is 34.3 Å². The predicted molar refractivity (Wildman–Crippen MR) is 138 cm³/mol. The first-order valence-electron chi connectivity index (χ1n) is 11.8. The summed E-state index contributed by atoms with van der Waals surface area (Å²) in [5.74, 6) is 0.491. The third-order valence-electron chi connectivity index (χ3n) is 6.92. The normalized spacial score (nSPS) is 19.0. The van der Waals surface area contributed by atoms with Crippen molar-refractivity contribution in [2.45, 2.75) is 18.9 Å². The molecule has 9 heteroatoms. The van der Waals surface area contributed by atoms with Crippen molar-refractivity contribution in [2.75, 3.05) is 43.1 Å². The number of benzene rings is 2. The highest BCUT2D eigenvalue weighted by molar-refractivity contribution is 7.09. The van der Waals surface area contributed by atoms with E-state index in [0.29, 0.717) is 26.1 Å². The lowest BCUT2D eigenvalue weighted by atomic mass is 9.83. The maximum absolute atomic E-state index is 13.5. The molecule has 1 aromatic heterocycles. The van der Waals surface area contributed by atoms with Gasteiger partial charge in [-0.25, -0.2) is 0 Å². The van der Waals surface area contributed by atoms with Crippen LogP contribution in [0.25, 0.3) is 0 Å². The van der Waals surface area contributed by atoms with Gasteiger partial charge >= 0.3 is 0 Å². The summed E-state index contributed by atoms with van der Waals surface area (Å²) < 4.78 is 5.59. The second-order valence-electron chi connectivity index (χ2n) is 8.88. The van der Waals surface area contributed by atoms with Gasteiger partial charge in [-0.05, 0) is 48.1 Å². The van der Waals surface area contributed by atoms with E-state index in [9.17, 15) is 14.9 Å². The third-order valence-corrected chi connectivity index (χ3v) is 7.86. The summed E-state index contributed by atoms with van der Waals surface area (Å²) in [6, 6.07) is 17.0. The number of carbonyl (C=O) groups is 1. The minimum Gasteiger partial charge on any atom is -0.495 e. The fourth-order valence-electron chi connectivity index (χ4n) is 5.23. The number of para-hydroxylation sites is 2. The van der Waals surface area contributed by atoms with Crippen LogP contribution in [0, 0.1) is 16.0 Å². The molecule has 0 bridgehead atoms. The predicted octanol–water partition coefficient (Wildman–Crippen LogP) is 3.89. The fraction of sp³-hybridized carbons (Fsp3) is 0.346. The van der Waals surface area contributed by atoms with Gasteiger partial charge in [0.05, 0.1) is 29.7 Å². The maximum atomic E-state index is 13.5. The second-order valence-corrected chi connectivity index (χ2v) is 9.91. The number of nitrogens with zero attached hydrogens (tertiary/aromatic N) is 3. The Balaban J connectivity index is 1.42. The number of piperazine rings is 1. The number of hydrogen-bond donors (Lipinski definition) is 1. The Bertz CT molecular complexity index is 1220. The molecule has 2 unspecified atom stereocenters. The number of nitro groups is 1. The molecule has 35 heavy (non-hydrogen) atoms. The van der Waals surface area contributed by atoms with E-state index in [4.69, 9.17) is 4.74 Å². The van der Waals surface area contributed by atoms with E-state index in [0.717, 1.165) is 35.7 Å². The molecular formula is C26H28N4O4S. The van der Waals surface area contributed by atoms with Gasteiger partial charge in [0.15, 0.2) is 0 Å². The number of thiophene rings is 1. The van der Waals surface area contributed by atoms with Crippen LogP contribution >= 0.6 is 11.3 Å². The highest BCUT2D eigenvalue weighted by atomic mass is 32.1. The van der Waals surface area contributed by atoms with Gasteiger partial charge in [0.2, 0.25) is 5.91 Å². The smallest absolute Gasteiger partial charge is 0.269 e. The van der Waals surface area contributed by atoms with Gasteiger partial charge in [-0.3, -0.25) is 14.9 Å². The molecule has 2 aliphatic heterocycles. The number of amides is 1. The quantitative estimate of drug-likeness (QED) is 0.398. The number of methoxy groups -OCH3 is 1. The molecule has 0 aliphatic carbocycles. The molecule has 1 saturated heterocycles. The number of carbonyl (C=O) groups excluding carboxylic acids is 1. The number of hydrogen-bond acceptors (Lipinski definition) is 7. The lowest BCUT2D eigenvalue weighted by Crippen LogP contribution is -2.61. The number of fused-ring (bicyclic) bond motifs is 3. The molecule has 0 radical (unpaired) electrons. The molecule has 0 saturated carbocycles. The Labute approximate surface area is 208 Å². The van der Waals surface area contributed by atoms with E-state index in [2.05, 4.69) is 21.2 Å². The van der Waals surface area contributed by atoms with Gasteiger partial charge in [-0.1, -0.05) is 18.2 Å². The number of nitro benzene ring substituents is 1. The van der Waals surface area contributed by atoms with Crippen LogP contribution in [0.1, 0.15) is 10.4 Å². The summed E-state index contributed by atoms with van der Waals surface area (Å²) in [5, 5.41) is 16.6. The van der Waals surface area contributed by atoms with Gasteiger partial charge in [-0.15, -0.1) is 11.3 Å². The van der Waals surface area contributed by atoms with Gasteiger partial charge in [-0.2, -0.15) is 0 Å². The van der Waals surface area contributed by atoms with Crippen LogP contribution in [-0.2, 0) is 17.6 Å². The molecular weight excluding hydrogens is 464 g/mol. The van der Waals surface area contributed by atoms with E-state index < -0.39 is 0 Å². The zero-order valence-electron chi connectivity index (χ0n) is 19.6. The first kappa shape index (κ1) is 23.2. The number of rotatable bonds is 7. The van der Waals surface area contributed by atoms with Crippen LogP contribution in [-0.4, -0.2) is 50.2 Å². The lowest BCUT2D eigenvalue weighted by molar-refractivity contribution is -0.384. The topological polar surface area (TPSA) is 87.9 Å². The van der Waals surface area contributed by atoms with E-state index in [-0.39, 0.29) is 28.5 Å². The van der Waals surface area contributed by atoms with Crippen LogP contribution in [0.2, 0.25) is 0 Å². The van der Waals surface area contributed by atoms with Crippen LogP contribution in [0.15, 0.2) is 60.0 Å². The molecule has 1 amide bonds. The molecule has 182 valence electrons. The van der Waals surface area contributed by atoms with Crippen molar-refractivity contribution in [3.8, 4) is 5.75 Å². The lowest BCUT2D eigenvalue weighted by Gasteiger charge is -2.49. The standard InChI is InChI=1S/C26H28N4O4S/c1-34-25-7-3-2-6-23(25)28-12-13-29-22-9-8-19(30(32)33)15-18(22)16-21(24(29)17-28)26(31)27-11-10-20-5-4-14-35-20/h2-9,14-15,21,24H,10-13,16-17H2,1H3,(H,27,31). The fourth-order valence-corrected chi connectivity index (χ4v) is 5.94. The molecule has 1 N–H and O–H groups in total. The summed E-state index contributed by atoms with van der Waals surface area (Å²) in [4.78, 5) is 30.3. The Kier molecular flexibility index (Phi) is 6.59. The summed E-state index contributed by atoms with van der Waals surface area (Å²) in [6.45, 7) is 2.72. The summed E-state index contributed by atoms with van der Waals surface area (Å²) in [6.07, 6.45) is 1.27. The third kappa shape index (κ3) is 4.68. The Morgan fingerprint density at radius 3 is 2.80 bits per heavy atom. The van der Waals surface area contributed by atoms with E-state index in [1.165, 1.54) is 4.88 Å². The van der Waals surface area contributed by atoms with Crippen molar-refractivity contribution in [2.24, 2.45) is 5.92 Å². The van der Waals surface area contributed by atoms with Crippen molar-refractivity contribution in [1.29, 1.82) is 0 Å².